The number of ether oxygens (including phenoxy) is 2. The van der Waals surface area contributed by atoms with Gasteiger partial charge < -0.3 is 9.47 Å². The monoisotopic (exact) mass is 290 g/mol. The molecular formula is C17H26N2O2. The van der Waals surface area contributed by atoms with Gasteiger partial charge in [0.25, 0.3) is 0 Å². The van der Waals surface area contributed by atoms with E-state index in [4.69, 9.17) is 9.47 Å². The van der Waals surface area contributed by atoms with Gasteiger partial charge in [-0.25, -0.2) is 4.52 Å². The maximum atomic E-state index is 5.86. The van der Waals surface area contributed by atoms with Crippen molar-refractivity contribution in [2.75, 3.05) is 19.8 Å². The molecule has 2 aromatic heterocycles. The fourth-order valence-corrected chi connectivity index (χ4v) is 2.23. The first kappa shape index (κ1) is 16.0. The minimum Gasteiger partial charge on any atom is -0.376 e. The highest BCUT2D eigenvalue weighted by molar-refractivity contribution is 5.53. The molecule has 1 saturated heterocycles. The van der Waals surface area contributed by atoms with E-state index in [-0.39, 0.29) is 11.5 Å². The lowest BCUT2D eigenvalue weighted by Gasteiger charge is -2.31. The van der Waals surface area contributed by atoms with Crippen LogP contribution in [-0.4, -0.2) is 35.5 Å². The molecule has 0 spiro atoms. The van der Waals surface area contributed by atoms with E-state index in [1.54, 1.807) is 0 Å². The first-order chi connectivity index (χ1) is 10.1. The quantitative estimate of drug-likeness (QED) is 0.866. The van der Waals surface area contributed by atoms with Gasteiger partial charge in [-0.3, -0.25) is 0 Å². The van der Waals surface area contributed by atoms with Crippen LogP contribution in [0, 0.1) is 6.92 Å². The zero-order valence-corrected chi connectivity index (χ0v) is 13.7. The third kappa shape index (κ3) is 3.44. The molecule has 1 aliphatic rings. The van der Waals surface area contributed by atoms with E-state index in [1.165, 1.54) is 11.1 Å². The molecule has 0 amide bonds. The average Bonchev–Trinajstić information content (AvgIpc) is 2.80. The van der Waals surface area contributed by atoms with Gasteiger partial charge in [0.2, 0.25) is 0 Å². The lowest BCUT2D eigenvalue weighted by molar-refractivity contribution is -0.137. The van der Waals surface area contributed by atoms with Gasteiger partial charge in [-0.05, 0) is 24.1 Å². The van der Waals surface area contributed by atoms with Crippen molar-refractivity contribution in [3.05, 3.63) is 35.7 Å². The van der Waals surface area contributed by atoms with E-state index in [0.717, 1.165) is 18.7 Å². The molecule has 0 saturated carbocycles. The number of hydrogen-bond donors (Lipinski definition) is 0. The van der Waals surface area contributed by atoms with E-state index >= 15 is 0 Å². The van der Waals surface area contributed by atoms with E-state index in [2.05, 4.69) is 44.2 Å². The number of rotatable bonds is 4. The number of aromatic nitrogens is 2. The molecule has 0 atom stereocenters. The molecule has 1 fully saturated rings. The highest BCUT2D eigenvalue weighted by atomic mass is 16.6. The van der Waals surface area contributed by atoms with Crippen molar-refractivity contribution in [2.24, 2.45) is 0 Å². The third-order valence-electron chi connectivity index (χ3n) is 3.78. The summed E-state index contributed by atoms with van der Waals surface area (Å²) in [5.41, 5.74) is 3.58. The van der Waals surface area contributed by atoms with Crippen LogP contribution in [0.2, 0.25) is 0 Å². The zero-order valence-electron chi connectivity index (χ0n) is 13.7. The molecule has 3 heterocycles. The fourth-order valence-electron chi connectivity index (χ4n) is 2.23. The van der Waals surface area contributed by atoms with E-state index in [0.29, 0.717) is 6.61 Å². The minimum absolute atomic E-state index is 0.0242. The van der Waals surface area contributed by atoms with E-state index in [9.17, 15) is 0 Å². The number of hydrogen-bond acceptors (Lipinski definition) is 3. The van der Waals surface area contributed by atoms with Gasteiger partial charge >= 0.3 is 0 Å². The summed E-state index contributed by atoms with van der Waals surface area (Å²) in [5, 5.41) is 4.37. The second-order valence-corrected chi connectivity index (χ2v) is 5.93. The molecule has 3 rings (SSSR count). The Morgan fingerprint density at radius 3 is 2.67 bits per heavy atom. The molecule has 0 aliphatic carbocycles. The predicted octanol–water partition coefficient (Wildman–Crippen LogP) is 3.36. The Labute approximate surface area is 127 Å². The Bertz CT molecular complexity index is 585. The Morgan fingerprint density at radius 2 is 2.05 bits per heavy atom. The highest BCUT2D eigenvalue weighted by Crippen LogP contribution is 2.25. The molecule has 0 aromatic carbocycles. The topological polar surface area (TPSA) is 35.8 Å². The Hall–Kier alpha value is -1.39. The van der Waals surface area contributed by atoms with E-state index < -0.39 is 0 Å². The van der Waals surface area contributed by atoms with Gasteiger partial charge in [-0.2, -0.15) is 5.10 Å². The van der Waals surface area contributed by atoms with Gasteiger partial charge in [0.05, 0.1) is 31.5 Å². The summed E-state index contributed by atoms with van der Waals surface area (Å²) in [5.74, 6) is 0. The SMILES string of the molecule is CC.Cc1cnn2cc(C(C)(C)COC3COC3)ccc12. The molecule has 0 unspecified atom stereocenters. The first-order valence-electron chi connectivity index (χ1n) is 7.70. The van der Waals surface area contributed by atoms with Crippen molar-refractivity contribution in [3.8, 4) is 0 Å². The molecule has 116 valence electrons. The van der Waals surface area contributed by atoms with Crippen LogP contribution in [0.1, 0.15) is 38.8 Å². The third-order valence-corrected chi connectivity index (χ3v) is 3.78. The van der Waals surface area contributed by atoms with Gasteiger partial charge in [0, 0.05) is 11.6 Å². The number of fused-ring (bicyclic) bond motifs is 1. The minimum atomic E-state index is -0.0242. The molecule has 2 aromatic rings. The van der Waals surface area contributed by atoms with Crippen molar-refractivity contribution in [2.45, 2.75) is 46.1 Å². The van der Waals surface area contributed by atoms with Crippen molar-refractivity contribution in [1.29, 1.82) is 0 Å². The summed E-state index contributed by atoms with van der Waals surface area (Å²) in [4.78, 5) is 0. The Morgan fingerprint density at radius 1 is 1.33 bits per heavy atom. The largest absolute Gasteiger partial charge is 0.376 e. The number of pyridine rings is 1. The maximum Gasteiger partial charge on any atom is 0.104 e. The fraction of sp³-hybridized carbons (Fsp3) is 0.588. The summed E-state index contributed by atoms with van der Waals surface area (Å²) in [6.45, 7) is 12.6. The number of aryl methyl sites for hydroxylation is 1. The smallest absolute Gasteiger partial charge is 0.104 e. The second-order valence-electron chi connectivity index (χ2n) is 5.93. The van der Waals surface area contributed by atoms with Gasteiger partial charge in [0.1, 0.15) is 6.10 Å². The summed E-state index contributed by atoms with van der Waals surface area (Å²) < 4.78 is 12.9. The van der Waals surface area contributed by atoms with Gasteiger partial charge in [-0.15, -0.1) is 0 Å². The molecule has 4 heteroatoms. The molecular weight excluding hydrogens is 264 g/mol. The maximum absolute atomic E-state index is 5.86. The standard InChI is InChI=1S/C15H20N2O2.C2H6/c1-11-6-16-17-7-12(4-5-14(11)17)15(2,3)10-19-13-8-18-9-13;1-2/h4-7,13H,8-10H2,1-3H3;1-2H3. The van der Waals surface area contributed by atoms with Crippen LogP contribution in [0.25, 0.3) is 5.52 Å². The van der Waals surface area contributed by atoms with E-state index in [1.807, 2.05) is 24.6 Å². The summed E-state index contributed by atoms with van der Waals surface area (Å²) >= 11 is 0. The summed E-state index contributed by atoms with van der Waals surface area (Å²) in [7, 11) is 0. The molecule has 0 N–H and O–H groups in total. The van der Waals surface area contributed by atoms with Gasteiger partial charge in [-0.1, -0.05) is 33.8 Å². The summed E-state index contributed by atoms with van der Waals surface area (Å²) in [6, 6.07) is 4.30. The average molecular weight is 290 g/mol. The van der Waals surface area contributed by atoms with Crippen molar-refractivity contribution in [1.82, 2.24) is 9.61 Å². The van der Waals surface area contributed by atoms with Crippen molar-refractivity contribution in [3.63, 3.8) is 0 Å². The molecule has 0 bridgehead atoms. The van der Waals surface area contributed by atoms with Crippen LogP contribution >= 0.6 is 0 Å². The number of nitrogens with zero attached hydrogens (tertiary/aromatic N) is 2. The second kappa shape index (κ2) is 6.58. The molecule has 1 aliphatic heterocycles. The van der Waals surface area contributed by atoms with Crippen LogP contribution in [0.5, 0.6) is 0 Å². The van der Waals surface area contributed by atoms with Crippen LogP contribution in [0.3, 0.4) is 0 Å². The molecule has 21 heavy (non-hydrogen) atoms. The van der Waals surface area contributed by atoms with Crippen molar-refractivity contribution >= 4 is 5.52 Å². The van der Waals surface area contributed by atoms with Crippen LogP contribution in [-0.2, 0) is 14.9 Å². The highest BCUT2D eigenvalue weighted by Gasteiger charge is 2.26. The lowest BCUT2D eigenvalue weighted by atomic mass is 9.86. The summed E-state index contributed by atoms with van der Waals surface area (Å²) in [6.07, 6.45) is 4.27. The van der Waals surface area contributed by atoms with Crippen LogP contribution in [0.15, 0.2) is 24.5 Å². The lowest BCUT2D eigenvalue weighted by Crippen LogP contribution is -2.39. The molecule has 4 nitrogen and oxygen atoms in total. The van der Waals surface area contributed by atoms with Crippen LogP contribution in [0.4, 0.5) is 0 Å². The normalized spacial score (nSPS) is 15.5. The molecule has 0 radical (unpaired) electrons. The van der Waals surface area contributed by atoms with Crippen LogP contribution < -0.4 is 0 Å². The zero-order chi connectivity index (χ0) is 15.5. The predicted molar refractivity (Wildman–Crippen MR) is 84.9 cm³/mol. The Balaban J connectivity index is 0.000000774. The Kier molecular flexibility index (Phi) is 5.01. The van der Waals surface area contributed by atoms with Crippen molar-refractivity contribution < 1.29 is 9.47 Å². The van der Waals surface area contributed by atoms with Gasteiger partial charge in [0.15, 0.2) is 0 Å². The first-order valence-corrected chi connectivity index (χ1v) is 7.70.